The van der Waals surface area contributed by atoms with Crippen LogP contribution in [0.1, 0.15) is 85.5 Å². The predicted octanol–water partition coefficient (Wildman–Crippen LogP) is 4.75. The Labute approximate surface area is 159 Å². The third-order valence-electron chi connectivity index (χ3n) is 9.13. The van der Waals surface area contributed by atoms with Gasteiger partial charge in [0, 0.05) is 6.61 Å². The summed E-state index contributed by atoms with van der Waals surface area (Å²) < 4.78 is 6.36. The van der Waals surface area contributed by atoms with Crippen LogP contribution in [0.5, 0.6) is 0 Å². The third kappa shape index (κ3) is 3.06. The van der Waals surface area contributed by atoms with Crippen molar-refractivity contribution in [3.05, 3.63) is 0 Å². The first-order valence-corrected chi connectivity index (χ1v) is 11.2. The first-order valence-electron chi connectivity index (χ1n) is 11.2. The standard InChI is InChI=1S/C23H40O3/c1-21(2,25)26-19-12-16-7-5-6-9-23(16,4)17-8-10-22(3)13-15(14-24)11-18(22)20(17)19/h15-20,24-25H,5-14H2,1-4H3/t15?,16?,17?,18?,19?,20?,22-,23+/m1/s1. The summed E-state index contributed by atoms with van der Waals surface area (Å²) in [5.41, 5.74) is 0.814. The molecule has 0 saturated heterocycles. The van der Waals surface area contributed by atoms with Crippen molar-refractivity contribution in [1.82, 2.24) is 0 Å². The fraction of sp³-hybridized carbons (Fsp3) is 1.00. The van der Waals surface area contributed by atoms with Gasteiger partial charge in [-0.1, -0.05) is 26.7 Å². The van der Waals surface area contributed by atoms with Gasteiger partial charge in [0.25, 0.3) is 0 Å². The van der Waals surface area contributed by atoms with Gasteiger partial charge in [0.2, 0.25) is 0 Å². The molecule has 0 bridgehead atoms. The molecule has 150 valence electrons. The highest BCUT2D eigenvalue weighted by Crippen LogP contribution is 2.67. The van der Waals surface area contributed by atoms with Gasteiger partial charge < -0.3 is 14.9 Å². The molecule has 0 heterocycles. The minimum atomic E-state index is -1.06. The van der Waals surface area contributed by atoms with Crippen LogP contribution in [0.3, 0.4) is 0 Å². The molecule has 0 aromatic rings. The molecule has 4 aliphatic carbocycles. The van der Waals surface area contributed by atoms with Crippen LogP contribution in [-0.4, -0.2) is 28.7 Å². The number of aliphatic hydroxyl groups is 2. The Balaban J connectivity index is 1.69. The van der Waals surface area contributed by atoms with Crippen LogP contribution < -0.4 is 0 Å². The van der Waals surface area contributed by atoms with Crippen molar-refractivity contribution in [3.8, 4) is 0 Å². The number of rotatable bonds is 3. The fourth-order valence-electron chi connectivity index (χ4n) is 8.07. The first-order chi connectivity index (χ1) is 12.2. The quantitative estimate of drug-likeness (QED) is 0.711. The summed E-state index contributed by atoms with van der Waals surface area (Å²) in [4.78, 5) is 0. The van der Waals surface area contributed by atoms with Gasteiger partial charge in [-0.05, 0) is 99.2 Å². The summed E-state index contributed by atoms with van der Waals surface area (Å²) in [5.74, 6) is 2.08. The number of hydrogen-bond acceptors (Lipinski definition) is 3. The topological polar surface area (TPSA) is 49.7 Å². The maximum atomic E-state index is 10.5. The number of ether oxygens (including phenoxy) is 1. The van der Waals surface area contributed by atoms with Crippen LogP contribution in [-0.2, 0) is 4.74 Å². The van der Waals surface area contributed by atoms with Gasteiger partial charge in [0.05, 0.1) is 6.10 Å². The maximum Gasteiger partial charge on any atom is 0.160 e. The fourth-order valence-corrected chi connectivity index (χ4v) is 8.07. The lowest BCUT2D eigenvalue weighted by molar-refractivity contribution is -0.262. The summed E-state index contributed by atoms with van der Waals surface area (Å²) in [6.07, 6.45) is 11.7. The lowest BCUT2D eigenvalue weighted by atomic mass is 9.44. The highest BCUT2D eigenvalue weighted by atomic mass is 16.6. The molecule has 0 aromatic heterocycles. The molecule has 3 heteroatoms. The highest BCUT2D eigenvalue weighted by Gasteiger charge is 2.61. The second-order valence-corrected chi connectivity index (χ2v) is 11.3. The number of fused-ring (bicyclic) bond motifs is 5. The average molecular weight is 365 g/mol. The van der Waals surface area contributed by atoms with E-state index in [-0.39, 0.29) is 6.10 Å². The first kappa shape index (κ1) is 19.2. The third-order valence-corrected chi connectivity index (χ3v) is 9.13. The predicted molar refractivity (Wildman–Crippen MR) is 103 cm³/mol. The Morgan fingerprint density at radius 3 is 2.50 bits per heavy atom. The zero-order valence-electron chi connectivity index (χ0n) is 17.3. The van der Waals surface area contributed by atoms with Crippen LogP contribution >= 0.6 is 0 Å². The van der Waals surface area contributed by atoms with E-state index in [1.807, 2.05) is 0 Å². The maximum absolute atomic E-state index is 10.5. The van der Waals surface area contributed by atoms with Gasteiger partial charge in [-0.25, -0.2) is 0 Å². The smallest absolute Gasteiger partial charge is 0.160 e. The molecular formula is C23H40O3. The summed E-state index contributed by atoms with van der Waals surface area (Å²) in [7, 11) is 0. The van der Waals surface area contributed by atoms with Crippen molar-refractivity contribution in [1.29, 1.82) is 0 Å². The van der Waals surface area contributed by atoms with Crippen LogP contribution in [0.25, 0.3) is 0 Å². The summed E-state index contributed by atoms with van der Waals surface area (Å²) in [6.45, 7) is 8.98. The van der Waals surface area contributed by atoms with Gasteiger partial charge >= 0.3 is 0 Å². The Kier molecular flexibility index (Phi) is 4.77. The van der Waals surface area contributed by atoms with E-state index in [4.69, 9.17) is 4.74 Å². The molecular weight excluding hydrogens is 324 g/mol. The number of hydrogen-bond donors (Lipinski definition) is 2. The van der Waals surface area contributed by atoms with E-state index in [0.717, 1.165) is 24.7 Å². The van der Waals surface area contributed by atoms with Gasteiger partial charge in [-0.2, -0.15) is 0 Å². The van der Waals surface area contributed by atoms with Gasteiger partial charge in [-0.15, -0.1) is 0 Å². The molecule has 0 spiro atoms. The van der Waals surface area contributed by atoms with Crippen molar-refractivity contribution in [3.63, 3.8) is 0 Å². The summed E-state index contributed by atoms with van der Waals surface area (Å²) in [6, 6.07) is 0. The largest absolute Gasteiger partial charge is 0.396 e. The molecule has 3 nitrogen and oxygen atoms in total. The molecule has 2 N–H and O–H groups in total. The summed E-state index contributed by atoms with van der Waals surface area (Å²) >= 11 is 0. The Morgan fingerprint density at radius 2 is 1.81 bits per heavy atom. The lowest BCUT2D eigenvalue weighted by Crippen LogP contribution is -2.58. The molecule has 0 radical (unpaired) electrons. The van der Waals surface area contributed by atoms with Crippen LogP contribution in [0.4, 0.5) is 0 Å². The van der Waals surface area contributed by atoms with Gasteiger partial charge in [0.15, 0.2) is 5.79 Å². The molecule has 4 rings (SSSR count). The monoisotopic (exact) mass is 364 g/mol. The molecule has 0 amide bonds. The minimum Gasteiger partial charge on any atom is -0.396 e. The zero-order chi connectivity index (χ0) is 18.7. The van der Waals surface area contributed by atoms with Crippen molar-refractivity contribution in [2.75, 3.05) is 6.61 Å². The van der Waals surface area contributed by atoms with Crippen molar-refractivity contribution in [2.45, 2.75) is 97.4 Å². The van der Waals surface area contributed by atoms with Crippen molar-refractivity contribution >= 4 is 0 Å². The molecule has 4 aliphatic rings. The van der Waals surface area contributed by atoms with Crippen molar-refractivity contribution < 1.29 is 14.9 Å². The molecule has 6 unspecified atom stereocenters. The SMILES string of the molecule is CC(C)(O)OC1CC2CCCC[C@]2(C)C2CC[C@]3(C)CC(CO)CC3C12. The van der Waals surface area contributed by atoms with Crippen LogP contribution in [0.15, 0.2) is 0 Å². The van der Waals surface area contributed by atoms with E-state index in [1.54, 1.807) is 13.8 Å². The van der Waals surface area contributed by atoms with E-state index >= 15 is 0 Å². The van der Waals surface area contributed by atoms with Gasteiger partial charge in [-0.3, -0.25) is 0 Å². The second kappa shape index (κ2) is 6.46. The van der Waals surface area contributed by atoms with E-state index < -0.39 is 5.79 Å². The van der Waals surface area contributed by atoms with Crippen LogP contribution in [0.2, 0.25) is 0 Å². The molecule has 0 aliphatic heterocycles. The van der Waals surface area contributed by atoms with E-state index in [2.05, 4.69) is 13.8 Å². The Bertz CT molecular complexity index is 526. The normalized spacial score (nSPS) is 51.5. The Hall–Kier alpha value is -0.120. The lowest BCUT2D eigenvalue weighted by Gasteiger charge is -2.62. The minimum absolute atomic E-state index is 0.179. The molecule has 0 aromatic carbocycles. The average Bonchev–Trinajstić information content (AvgIpc) is 2.90. The zero-order valence-corrected chi connectivity index (χ0v) is 17.3. The number of aliphatic hydroxyl groups excluding tert-OH is 1. The van der Waals surface area contributed by atoms with Gasteiger partial charge in [0.1, 0.15) is 0 Å². The molecule has 8 atom stereocenters. The van der Waals surface area contributed by atoms with E-state index in [1.165, 1.54) is 44.9 Å². The highest BCUT2D eigenvalue weighted by molar-refractivity contribution is 5.10. The molecule has 26 heavy (non-hydrogen) atoms. The second-order valence-electron chi connectivity index (χ2n) is 11.3. The Morgan fingerprint density at radius 1 is 1.04 bits per heavy atom. The van der Waals surface area contributed by atoms with E-state index in [9.17, 15) is 10.2 Å². The molecule has 4 saturated carbocycles. The molecule has 4 fully saturated rings. The van der Waals surface area contributed by atoms with Crippen LogP contribution in [0, 0.1) is 40.4 Å². The summed E-state index contributed by atoms with van der Waals surface area (Å²) in [5, 5.41) is 20.3. The van der Waals surface area contributed by atoms with E-state index in [0.29, 0.717) is 35.2 Å². The van der Waals surface area contributed by atoms with Crippen molar-refractivity contribution in [2.24, 2.45) is 40.4 Å².